The number of rotatable bonds is 5. The first-order chi connectivity index (χ1) is 5.75. The molecule has 76 valence electrons. The van der Waals surface area contributed by atoms with Crippen LogP contribution in [0.1, 0.15) is 6.92 Å². The Morgan fingerprint density at radius 1 is 1.62 bits per heavy atom. The average molecular weight is 193 g/mol. The molecule has 0 fully saturated rings. The van der Waals surface area contributed by atoms with Gasteiger partial charge in [0.25, 0.3) is 0 Å². The van der Waals surface area contributed by atoms with Gasteiger partial charge in [0, 0.05) is 6.54 Å². The lowest BCUT2D eigenvalue weighted by Gasteiger charge is -2.20. The van der Waals surface area contributed by atoms with Gasteiger partial charge in [0.2, 0.25) is 0 Å². The van der Waals surface area contributed by atoms with Gasteiger partial charge in [-0.15, -0.1) is 0 Å². The lowest BCUT2D eigenvalue weighted by molar-refractivity contribution is -0.166. The smallest absolute Gasteiger partial charge is 0.375 e. The lowest BCUT2D eigenvalue weighted by atomic mass is 10.3. The number of likely N-dealkylation sites (N-methyl/N-ethyl adjacent to an activating group) is 1. The van der Waals surface area contributed by atoms with Crippen molar-refractivity contribution in [3.05, 3.63) is 12.2 Å². The van der Waals surface area contributed by atoms with Crippen LogP contribution >= 0.6 is 0 Å². The van der Waals surface area contributed by atoms with Crippen LogP contribution in [0.25, 0.3) is 0 Å². The number of hydrogen-bond acceptors (Lipinski definition) is 2. The van der Waals surface area contributed by atoms with Crippen LogP contribution in [0.3, 0.4) is 0 Å². The van der Waals surface area contributed by atoms with Crippen LogP contribution in [0.4, 0.5) is 8.78 Å². The van der Waals surface area contributed by atoms with Crippen molar-refractivity contribution in [3.8, 4) is 0 Å². The molecule has 0 aliphatic heterocycles. The molecule has 0 rings (SSSR count). The molecule has 3 nitrogen and oxygen atoms in total. The predicted molar refractivity (Wildman–Crippen MR) is 44.9 cm³/mol. The van der Waals surface area contributed by atoms with E-state index in [0.717, 1.165) is 0 Å². The maximum absolute atomic E-state index is 12.6. The molecule has 0 aliphatic rings. The van der Waals surface area contributed by atoms with Gasteiger partial charge >= 0.3 is 11.9 Å². The third kappa shape index (κ3) is 4.57. The number of aliphatic carboxylic acids is 1. The molecule has 0 saturated carbocycles. The summed E-state index contributed by atoms with van der Waals surface area (Å²) in [5, 5.41) is 8.13. The minimum absolute atomic E-state index is 0.267. The number of alkyl halides is 2. The van der Waals surface area contributed by atoms with E-state index in [-0.39, 0.29) is 6.54 Å². The maximum atomic E-state index is 12.6. The Morgan fingerprint density at radius 3 is 2.38 bits per heavy atom. The lowest BCUT2D eigenvalue weighted by Crippen LogP contribution is -2.41. The van der Waals surface area contributed by atoms with E-state index in [1.807, 2.05) is 0 Å². The molecule has 1 N–H and O–H groups in total. The van der Waals surface area contributed by atoms with Gasteiger partial charge < -0.3 is 5.11 Å². The molecular weight excluding hydrogens is 180 g/mol. The van der Waals surface area contributed by atoms with Gasteiger partial charge in [-0.3, -0.25) is 4.90 Å². The summed E-state index contributed by atoms with van der Waals surface area (Å²) < 4.78 is 25.2. The molecule has 0 atom stereocenters. The molecule has 0 radical (unpaired) electrons. The molecule has 0 aliphatic carbocycles. The normalized spacial score (nSPS) is 11.8. The van der Waals surface area contributed by atoms with Crippen molar-refractivity contribution >= 4 is 5.97 Å². The van der Waals surface area contributed by atoms with Crippen LogP contribution < -0.4 is 0 Å². The summed E-state index contributed by atoms with van der Waals surface area (Å²) in [6.45, 7) is 4.70. The summed E-state index contributed by atoms with van der Waals surface area (Å²) >= 11 is 0. The van der Waals surface area contributed by atoms with Crippen LogP contribution in [0.2, 0.25) is 0 Å². The first-order valence-electron chi connectivity index (χ1n) is 3.70. The van der Waals surface area contributed by atoms with Gasteiger partial charge in [-0.2, -0.15) is 8.78 Å². The number of nitrogens with zero attached hydrogens (tertiary/aromatic N) is 1. The summed E-state index contributed by atoms with van der Waals surface area (Å²) in [4.78, 5) is 11.3. The zero-order valence-electron chi connectivity index (χ0n) is 7.68. The van der Waals surface area contributed by atoms with Crippen LogP contribution in [0, 0.1) is 0 Å². The van der Waals surface area contributed by atoms with Crippen LogP contribution in [0.5, 0.6) is 0 Å². The fourth-order valence-corrected chi connectivity index (χ4v) is 0.923. The van der Waals surface area contributed by atoms with E-state index in [4.69, 9.17) is 5.11 Å². The molecule has 0 aromatic rings. The van der Waals surface area contributed by atoms with Crippen molar-refractivity contribution in [2.24, 2.45) is 0 Å². The summed E-state index contributed by atoms with van der Waals surface area (Å²) in [6.07, 6.45) is 0. The Hall–Kier alpha value is -0.970. The fraction of sp³-hybridized carbons (Fsp3) is 0.625. The largest absolute Gasteiger partial charge is 0.477 e. The third-order valence-electron chi connectivity index (χ3n) is 1.32. The fourth-order valence-electron chi connectivity index (χ4n) is 0.923. The molecule has 0 aromatic heterocycles. The van der Waals surface area contributed by atoms with Crippen LogP contribution in [0.15, 0.2) is 12.2 Å². The minimum atomic E-state index is -3.69. The quantitative estimate of drug-likeness (QED) is 0.667. The Balaban J connectivity index is 4.11. The van der Waals surface area contributed by atoms with Gasteiger partial charge in [-0.1, -0.05) is 12.2 Å². The highest BCUT2D eigenvalue weighted by Crippen LogP contribution is 2.14. The number of carboxylic acid groups (broad SMARTS) is 1. The average Bonchev–Trinajstić information content (AvgIpc) is 1.82. The van der Waals surface area contributed by atoms with Gasteiger partial charge in [0.1, 0.15) is 0 Å². The number of hydrogen-bond donors (Lipinski definition) is 1. The Morgan fingerprint density at radius 2 is 2.08 bits per heavy atom. The second-order valence-corrected chi connectivity index (χ2v) is 3.14. The van der Waals surface area contributed by atoms with Crippen molar-refractivity contribution < 1.29 is 18.7 Å². The molecule has 0 unspecified atom stereocenters. The van der Waals surface area contributed by atoms with E-state index in [0.29, 0.717) is 5.57 Å². The van der Waals surface area contributed by atoms with Crippen LogP contribution in [-0.4, -0.2) is 42.0 Å². The molecule has 5 heteroatoms. The second kappa shape index (κ2) is 4.32. The highest BCUT2D eigenvalue weighted by Gasteiger charge is 2.39. The number of halogens is 2. The van der Waals surface area contributed by atoms with Gasteiger partial charge in [0.05, 0.1) is 6.54 Å². The second-order valence-electron chi connectivity index (χ2n) is 3.14. The van der Waals surface area contributed by atoms with Crippen LogP contribution in [-0.2, 0) is 4.79 Å². The Labute approximate surface area is 75.7 Å². The van der Waals surface area contributed by atoms with Crippen molar-refractivity contribution in [3.63, 3.8) is 0 Å². The molecule has 0 heterocycles. The molecule has 13 heavy (non-hydrogen) atoms. The van der Waals surface area contributed by atoms with Crippen molar-refractivity contribution in [1.82, 2.24) is 4.90 Å². The van der Waals surface area contributed by atoms with E-state index < -0.39 is 18.4 Å². The molecule has 0 bridgehead atoms. The minimum Gasteiger partial charge on any atom is -0.477 e. The van der Waals surface area contributed by atoms with E-state index in [9.17, 15) is 13.6 Å². The molecule has 0 aromatic carbocycles. The molecule has 0 spiro atoms. The van der Waals surface area contributed by atoms with Crippen molar-refractivity contribution in [2.75, 3.05) is 20.1 Å². The van der Waals surface area contributed by atoms with E-state index in [2.05, 4.69) is 6.58 Å². The summed E-state index contributed by atoms with van der Waals surface area (Å²) in [5.74, 6) is -5.79. The first-order valence-corrected chi connectivity index (χ1v) is 3.70. The number of carbonyl (C=O) groups is 1. The van der Waals surface area contributed by atoms with Crippen molar-refractivity contribution in [2.45, 2.75) is 12.8 Å². The molecule has 0 saturated heterocycles. The maximum Gasteiger partial charge on any atom is 0.375 e. The third-order valence-corrected chi connectivity index (χ3v) is 1.32. The van der Waals surface area contributed by atoms with E-state index >= 15 is 0 Å². The zero-order chi connectivity index (χ0) is 10.6. The highest BCUT2D eigenvalue weighted by molar-refractivity contribution is 5.75. The Bertz CT molecular complexity index is 216. The Kier molecular flexibility index (Phi) is 4.00. The van der Waals surface area contributed by atoms with E-state index in [1.165, 1.54) is 11.9 Å². The molecule has 0 amide bonds. The summed E-state index contributed by atoms with van der Waals surface area (Å²) in [6, 6.07) is 0. The standard InChI is InChI=1S/C8H13F2NO2/c1-6(2)4-11(3)5-8(9,10)7(12)13/h1,4-5H2,2-3H3,(H,12,13). The zero-order valence-corrected chi connectivity index (χ0v) is 7.68. The van der Waals surface area contributed by atoms with E-state index in [1.54, 1.807) is 6.92 Å². The SMILES string of the molecule is C=C(C)CN(C)CC(F)(F)C(=O)O. The monoisotopic (exact) mass is 193 g/mol. The van der Waals surface area contributed by atoms with Gasteiger partial charge in [-0.25, -0.2) is 4.79 Å². The number of carboxylic acids is 1. The van der Waals surface area contributed by atoms with Crippen molar-refractivity contribution in [1.29, 1.82) is 0 Å². The first kappa shape index (κ1) is 12.0. The topological polar surface area (TPSA) is 40.5 Å². The van der Waals surface area contributed by atoms with Gasteiger partial charge in [-0.05, 0) is 14.0 Å². The summed E-state index contributed by atoms with van der Waals surface area (Å²) in [7, 11) is 1.42. The predicted octanol–water partition coefficient (Wildman–Crippen LogP) is 1.21. The van der Waals surface area contributed by atoms with Gasteiger partial charge in [0.15, 0.2) is 0 Å². The summed E-state index contributed by atoms with van der Waals surface area (Å²) in [5.41, 5.74) is 0.712. The molecular formula is C8H13F2NO2. The highest BCUT2D eigenvalue weighted by atomic mass is 19.3.